The lowest BCUT2D eigenvalue weighted by atomic mass is 9.72. The normalized spacial score (nSPS) is 13.7. The summed E-state index contributed by atoms with van der Waals surface area (Å²) < 4.78 is 0. The molecule has 0 saturated heterocycles. The van der Waals surface area contributed by atoms with E-state index in [1.807, 2.05) is 0 Å². The van der Waals surface area contributed by atoms with Crippen molar-refractivity contribution in [2.75, 3.05) is 0 Å². The second kappa shape index (κ2) is 16.6. The first-order chi connectivity index (χ1) is 29.1. The Labute approximate surface area is 350 Å². The highest BCUT2D eigenvalue weighted by atomic mass is 31.2. The zero-order valence-corrected chi connectivity index (χ0v) is 35.1. The molecular formula is C57H48P2+2. The van der Waals surface area contributed by atoms with E-state index in [0.717, 1.165) is 12.8 Å². The van der Waals surface area contributed by atoms with Crippen LogP contribution in [-0.4, -0.2) is 0 Å². The summed E-state index contributed by atoms with van der Waals surface area (Å²) in [5.41, 5.74) is 2.38. The Kier molecular flexibility index (Phi) is 10.8. The van der Waals surface area contributed by atoms with E-state index in [1.165, 1.54) is 63.8 Å². The maximum absolute atomic E-state index is 4.36. The van der Waals surface area contributed by atoms with Gasteiger partial charge in [-0.3, -0.25) is 0 Å². The average molecular weight is 795 g/mol. The number of benzene rings is 8. The van der Waals surface area contributed by atoms with Crippen LogP contribution in [-0.2, 0) is 5.41 Å². The van der Waals surface area contributed by atoms with E-state index in [1.54, 1.807) is 0 Å². The van der Waals surface area contributed by atoms with Crippen molar-refractivity contribution in [3.8, 4) is 0 Å². The van der Waals surface area contributed by atoms with Crippen molar-refractivity contribution in [1.29, 1.82) is 0 Å². The minimum atomic E-state index is -2.23. The summed E-state index contributed by atoms with van der Waals surface area (Å²) in [7, 11) is -4.46. The molecule has 0 spiro atoms. The smallest absolute Gasteiger partial charge is 0.103 e. The van der Waals surface area contributed by atoms with E-state index in [9.17, 15) is 0 Å². The molecule has 0 aliphatic heterocycles. The maximum Gasteiger partial charge on any atom is 0.137 e. The van der Waals surface area contributed by atoms with Crippen molar-refractivity contribution in [3.63, 3.8) is 0 Å². The van der Waals surface area contributed by atoms with Crippen LogP contribution in [0.4, 0.5) is 0 Å². The fraction of sp³-hybridized carbons (Fsp3) is 0.0526. The molecule has 1 aliphatic rings. The predicted molar refractivity (Wildman–Crippen MR) is 259 cm³/mol. The molecule has 1 aliphatic carbocycles. The van der Waals surface area contributed by atoms with Crippen LogP contribution in [0.1, 0.15) is 24.0 Å². The summed E-state index contributed by atoms with van der Waals surface area (Å²) in [5, 5.41) is 13.1. The van der Waals surface area contributed by atoms with E-state index < -0.39 is 14.5 Å². The first-order valence-electron chi connectivity index (χ1n) is 20.5. The SMILES string of the molecule is C=CCC1(CC=C)c2cc(=C[P+](c3ccccc3)(c3ccccc3)c3ccccc3)ccc2=c2ccc(=C[P+](c3ccccc3)(c3ccccc3)c3ccccc3)cc21. The molecule has 0 unspecified atom stereocenters. The van der Waals surface area contributed by atoms with E-state index >= 15 is 0 Å². The molecule has 0 aromatic heterocycles. The van der Waals surface area contributed by atoms with Gasteiger partial charge in [-0.15, -0.1) is 13.2 Å². The van der Waals surface area contributed by atoms with E-state index in [4.69, 9.17) is 0 Å². The Bertz CT molecular complexity index is 2550. The Morgan fingerprint density at radius 3 is 0.831 bits per heavy atom. The summed E-state index contributed by atoms with van der Waals surface area (Å²) in [6.45, 7) is 8.72. The number of fused-ring (bicyclic) bond motifs is 2. The second-order valence-corrected chi connectivity index (χ2v) is 21.9. The van der Waals surface area contributed by atoms with Gasteiger partial charge in [0.25, 0.3) is 0 Å². The van der Waals surface area contributed by atoms with E-state index in [-0.39, 0.29) is 5.41 Å². The van der Waals surface area contributed by atoms with Gasteiger partial charge in [-0.2, -0.15) is 0 Å². The summed E-state index contributed by atoms with van der Waals surface area (Å²) in [6, 6.07) is 81.1. The summed E-state index contributed by atoms with van der Waals surface area (Å²) in [5.74, 6) is 5.20. The van der Waals surface area contributed by atoms with Crippen LogP contribution >= 0.6 is 14.5 Å². The van der Waals surface area contributed by atoms with Gasteiger partial charge in [0.05, 0.1) is 11.6 Å². The molecule has 59 heavy (non-hydrogen) atoms. The Morgan fingerprint density at radius 2 is 0.593 bits per heavy atom. The minimum Gasteiger partial charge on any atom is -0.103 e. The fourth-order valence-electron chi connectivity index (χ4n) is 9.47. The van der Waals surface area contributed by atoms with Crippen LogP contribution in [0.2, 0.25) is 0 Å². The van der Waals surface area contributed by atoms with Crippen LogP contribution in [0.15, 0.2) is 244 Å². The molecule has 8 aromatic rings. The molecule has 0 radical (unpaired) electrons. The molecule has 0 saturated carbocycles. The van der Waals surface area contributed by atoms with Gasteiger partial charge in [-0.1, -0.05) is 146 Å². The molecule has 0 N–H and O–H groups in total. The summed E-state index contributed by atoms with van der Waals surface area (Å²) in [4.78, 5) is 0. The largest absolute Gasteiger partial charge is 0.137 e. The van der Waals surface area contributed by atoms with Crippen molar-refractivity contribution in [3.05, 3.63) is 276 Å². The average Bonchev–Trinajstić information content (AvgIpc) is 3.56. The molecule has 8 aromatic carbocycles. The molecule has 9 rings (SSSR count). The fourth-order valence-corrected chi connectivity index (χ4v) is 17.2. The monoisotopic (exact) mass is 794 g/mol. The second-order valence-electron chi connectivity index (χ2n) is 15.4. The number of rotatable bonds is 12. The van der Waals surface area contributed by atoms with Crippen molar-refractivity contribution < 1.29 is 0 Å². The predicted octanol–water partition coefficient (Wildman–Crippen LogP) is 10.2. The third kappa shape index (κ3) is 6.78. The zero-order chi connectivity index (χ0) is 40.1. The molecule has 284 valence electrons. The lowest BCUT2D eigenvalue weighted by Gasteiger charge is -2.31. The van der Waals surface area contributed by atoms with Gasteiger partial charge in [0.2, 0.25) is 0 Å². The standard InChI is InChI=1S/C57H48P2/c1-3-39-57(40-4-2)55-41-45(43-58(47-23-11-5-12-24-47,48-25-13-6-14-26-48)49-27-15-7-16-28-49)35-37-53(55)54-38-36-46(42-56(54)57)44-59(50-29-17-8-18-30-50,51-31-19-9-20-32-51)52-33-21-10-22-34-52/h3-38,41-44H,1-2,39-40H2/q+2. The van der Waals surface area contributed by atoms with Crippen LogP contribution in [0.25, 0.3) is 11.6 Å². The molecule has 0 fully saturated rings. The van der Waals surface area contributed by atoms with Crippen molar-refractivity contribution in [2.45, 2.75) is 18.3 Å². The minimum absolute atomic E-state index is 0.317. The van der Waals surface area contributed by atoms with Gasteiger partial charge < -0.3 is 0 Å². The van der Waals surface area contributed by atoms with E-state index in [0.29, 0.717) is 0 Å². The third-order valence-corrected chi connectivity index (χ3v) is 20.1. The van der Waals surface area contributed by atoms with Crippen LogP contribution in [0, 0.1) is 10.4 Å². The summed E-state index contributed by atoms with van der Waals surface area (Å²) in [6.07, 6.45) is 5.83. The van der Waals surface area contributed by atoms with Crippen molar-refractivity contribution >= 4 is 58.0 Å². The molecule has 0 bridgehead atoms. The van der Waals surface area contributed by atoms with Gasteiger partial charge in [0.15, 0.2) is 0 Å². The Hall–Kier alpha value is -6.16. The van der Waals surface area contributed by atoms with Gasteiger partial charge in [0, 0.05) is 15.9 Å². The Morgan fingerprint density at radius 1 is 0.339 bits per heavy atom. The van der Waals surface area contributed by atoms with Crippen molar-refractivity contribution in [2.24, 2.45) is 0 Å². The number of hydrogen-bond donors (Lipinski definition) is 0. The first-order valence-corrected chi connectivity index (χ1v) is 24.2. The molecule has 0 atom stereocenters. The highest BCUT2D eigenvalue weighted by Crippen LogP contribution is 2.58. The van der Waals surface area contributed by atoms with Crippen LogP contribution < -0.4 is 42.3 Å². The molecular weight excluding hydrogens is 747 g/mol. The third-order valence-electron chi connectivity index (χ3n) is 12.1. The lowest BCUT2D eigenvalue weighted by molar-refractivity contribution is 0.535. The first kappa shape index (κ1) is 38.4. The van der Waals surface area contributed by atoms with Gasteiger partial charge >= 0.3 is 0 Å². The number of hydrogen-bond acceptors (Lipinski definition) is 0. The summed E-state index contributed by atoms with van der Waals surface area (Å²) >= 11 is 0. The molecule has 0 amide bonds. The van der Waals surface area contributed by atoms with Gasteiger partial charge in [0.1, 0.15) is 46.4 Å². The molecule has 2 heteroatoms. The molecule has 0 heterocycles. The van der Waals surface area contributed by atoms with Crippen LogP contribution in [0.5, 0.6) is 0 Å². The Balaban J connectivity index is 1.32. The highest BCUT2D eigenvalue weighted by molar-refractivity contribution is 8.02. The zero-order valence-electron chi connectivity index (χ0n) is 33.3. The quantitative estimate of drug-likeness (QED) is 0.0854. The maximum atomic E-state index is 4.36. The van der Waals surface area contributed by atoms with Gasteiger partial charge in [-0.05, 0) is 119 Å². The number of allylic oxidation sites excluding steroid dienone is 2. The lowest BCUT2D eigenvalue weighted by Crippen LogP contribution is -2.31. The van der Waals surface area contributed by atoms with Crippen molar-refractivity contribution in [1.82, 2.24) is 0 Å². The highest BCUT2D eigenvalue weighted by Gasteiger charge is 2.45. The van der Waals surface area contributed by atoms with Crippen LogP contribution in [0.3, 0.4) is 0 Å². The molecule has 0 nitrogen and oxygen atoms in total. The topological polar surface area (TPSA) is 0 Å². The van der Waals surface area contributed by atoms with E-state index in [2.05, 4.69) is 255 Å². The van der Waals surface area contributed by atoms with Gasteiger partial charge in [-0.25, -0.2) is 0 Å².